The quantitative estimate of drug-likeness (QED) is 0.433. The Morgan fingerprint density at radius 1 is 1.21 bits per heavy atom. The lowest BCUT2D eigenvalue weighted by Crippen LogP contribution is -2.07. The number of ether oxygens (including phenoxy) is 1. The highest BCUT2D eigenvalue weighted by Crippen LogP contribution is 2.06. The van der Waals surface area contributed by atoms with Crippen molar-refractivity contribution in [3.05, 3.63) is 36.5 Å². The largest absolute Gasteiger partial charge is 0.478 e. The van der Waals surface area contributed by atoms with Crippen LogP contribution in [0.15, 0.2) is 36.5 Å². The van der Waals surface area contributed by atoms with E-state index in [2.05, 4.69) is 17.9 Å². The Kier molecular flexibility index (Phi) is 10.8. The zero-order valence-electron chi connectivity index (χ0n) is 11.0. The van der Waals surface area contributed by atoms with E-state index in [4.69, 9.17) is 10.2 Å². The van der Waals surface area contributed by atoms with Gasteiger partial charge in [0.2, 0.25) is 0 Å². The third-order valence-corrected chi connectivity index (χ3v) is 1.72. The number of esters is 1. The normalized spacial score (nSPS) is 9.68. The molecule has 0 spiro atoms. The summed E-state index contributed by atoms with van der Waals surface area (Å²) in [6.45, 7) is 10.0. The van der Waals surface area contributed by atoms with E-state index >= 15 is 0 Å². The number of aliphatic carboxylic acids is 2. The van der Waals surface area contributed by atoms with Crippen molar-refractivity contribution < 1.29 is 29.3 Å². The Morgan fingerprint density at radius 2 is 1.68 bits per heavy atom. The van der Waals surface area contributed by atoms with Crippen LogP contribution in [0.2, 0.25) is 0 Å². The molecule has 0 atom stereocenters. The van der Waals surface area contributed by atoms with Crippen LogP contribution < -0.4 is 0 Å². The van der Waals surface area contributed by atoms with Crippen molar-refractivity contribution in [2.75, 3.05) is 6.61 Å². The molecule has 0 radical (unpaired) electrons. The maximum atomic E-state index is 11.1. The van der Waals surface area contributed by atoms with E-state index in [1.54, 1.807) is 13.8 Å². The van der Waals surface area contributed by atoms with Gasteiger partial charge in [0.15, 0.2) is 0 Å². The first-order chi connectivity index (χ1) is 8.79. The van der Waals surface area contributed by atoms with E-state index < -0.39 is 17.9 Å². The Balaban J connectivity index is 0. The molecule has 0 aliphatic carbocycles. The second kappa shape index (κ2) is 10.8. The number of carbonyl (C=O) groups is 3. The first kappa shape index (κ1) is 19.0. The van der Waals surface area contributed by atoms with Gasteiger partial charge in [-0.05, 0) is 19.4 Å². The van der Waals surface area contributed by atoms with Crippen LogP contribution in [0, 0.1) is 0 Å². The first-order valence-corrected chi connectivity index (χ1v) is 5.45. The fourth-order valence-corrected chi connectivity index (χ4v) is 0.808. The van der Waals surface area contributed by atoms with Crippen molar-refractivity contribution in [2.24, 2.45) is 0 Å². The average molecular weight is 270 g/mol. The Labute approximate surface area is 111 Å². The van der Waals surface area contributed by atoms with E-state index in [0.717, 1.165) is 6.08 Å². The Hall–Kier alpha value is -2.37. The summed E-state index contributed by atoms with van der Waals surface area (Å²) < 4.78 is 4.65. The van der Waals surface area contributed by atoms with Crippen molar-refractivity contribution in [1.29, 1.82) is 0 Å². The van der Waals surface area contributed by atoms with Gasteiger partial charge >= 0.3 is 17.9 Å². The van der Waals surface area contributed by atoms with Gasteiger partial charge in [-0.25, -0.2) is 14.4 Å². The Bertz CT molecular complexity index is 392. The smallest absolute Gasteiger partial charge is 0.337 e. The lowest BCUT2D eigenvalue weighted by molar-refractivity contribution is -0.138. The molecule has 0 aliphatic rings. The summed E-state index contributed by atoms with van der Waals surface area (Å²) in [7, 11) is 0. The molecule has 0 saturated carbocycles. The van der Waals surface area contributed by atoms with Crippen molar-refractivity contribution in [1.82, 2.24) is 0 Å². The maximum absolute atomic E-state index is 11.1. The molecular weight excluding hydrogens is 252 g/mol. The van der Waals surface area contributed by atoms with E-state index in [9.17, 15) is 14.4 Å². The van der Waals surface area contributed by atoms with Gasteiger partial charge in [-0.2, -0.15) is 0 Å². The van der Waals surface area contributed by atoms with E-state index in [1.165, 1.54) is 6.08 Å². The minimum Gasteiger partial charge on any atom is -0.478 e. The highest BCUT2D eigenvalue weighted by atomic mass is 16.5. The van der Waals surface area contributed by atoms with Crippen LogP contribution in [0.1, 0.15) is 20.3 Å². The zero-order chi connectivity index (χ0) is 15.4. The van der Waals surface area contributed by atoms with Crippen LogP contribution in [-0.2, 0) is 19.1 Å². The SMILES string of the molecule is C=C(C=C(CC)C(=O)O)C(=O)OCC.C=CC(=O)O. The molecule has 0 aromatic carbocycles. The van der Waals surface area contributed by atoms with Crippen molar-refractivity contribution in [3.8, 4) is 0 Å². The minimum atomic E-state index is -1.04. The second-order valence-electron chi connectivity index (χ2n) is 3.12. The van der Waals surface area contributed by atoms with E-state index in [-0.39, 0.29) is 17.8 Å². The molecule has 6 heteroatoms. The van der Waals surface area contributed by atoms with Crippen LogP contribution in [-0.4, -0.2) is 34.7 Å². The van der Waals surface area contributed by atoms with Gasteiger partial charge < -0.3 is 14.9 Å². The van der Waals surface area contributed by atoms with Crippen LogP contribution in [0.5, 0.6) is 0 Å². The maximum Gasteiger partial charge on any atom is 0.337 e. The van der Waals surface area contributed by atoms with Crippen LogP contribution >= 0.6 is 0 Å². The third kappa shape index (κ3) is 10.5. The fourth-order valence-electron chi connectivity index (χ4n) is 0.808. The minimum absolute atomic E-state index is 0.0612. The molecule has 0 saturated heterocycles. The van der Waals surface area contributed by atoms with Gasteiger partial charge in [-0.1, -0.05) is 20.1 Å². The molecule has 0 aliphatic heterocycles. The highest BCUT2D eigenvalue weighted by molar-refractivity contribution is 5.95. The molecule has 2 N–H and O–H groups in total. The first-order valence-electron chi connectivity index (χ1n) is 5.45. The summed E-state index contributed by atoms with van der Waals surface area (Å²) in [5.41, 5.74) is 0.203. The van der Waals surface area contributed by atoms with Crippen molar-refractivity contribution >= 4 is 17.9 Å². The standard InChI is InChI=1S/C10H14O4.C3H4O2/c1-4-8(9(11)12)6-7(3)10(13)14-5-2;1-2-3(4)5/h6H,3-5H2,1-2H3,(H,11,12);2H,1H2,(H,4,5). The predicted molar refractivity (Wildman–Crippen MR) is 69.6 cm³/mol. The molecule has 0 aromatic heterocycles. The molecule has 0 amide bonds. The van der Waals surface area contributed by atoms with Gasteiger partial charge in [0.1, 0.15) is 0 Å². The zero-order valence-corrected chi connectivity index (χ0v) is 11.0. The van der Waals surface area contributed by atoms with Gasteiger partial charge in [-0.3, -0.25) is 0 Å². The molecule has 0 aromatic rings. The Morgan fingerprint density at radius 3 is 1.95 bits per heavy atom. The molecule has 0 bridgehead atoms. The second-order valence-corrected chi connectivity index (χ2v) is 3.12. The summed E-state index contributed by atoms with van der Waals surface area (Å²) in [6, 6.07) is 0. The molecule has 19 heavy (non-hydrogen) atoms. The molecule has 6 nitrogen and oxygen atoms in total. The van der Waals surface area contributed by atoms with Gasteiger partial charge in [-0.15, -0.1) is 0 Å². The molecule has 0 heterocycles. The number of carboxylic acids is 2. The molecule has 0 rings (SSSR count). The van der Waals surface area contributed by atoms with Crippen molar-refractivity contribution in [3.63, 3.8) is 0 Å². The molecule has 0 unspecified atom stereocenters. The predicted octanol–water partition coefficient (Wildman–Crippen LogP) is 1.78. The average Bonchev–Trinajstić information content (AvgIpc) is 2.36. The topological polar surface area (TPSA) is 101 Å². The molecule has 0 fully saturated rings. The summed E-state index contributed by atoms with van der Waals surface area (Å²) in [6.07, 6.45) is 2.41. The summed E-state index contributed by atoms with van der Waals surface area (Å²) >= 11 is 0. The van der Waals surface area contributed by atoms with Crippen LogP contribution in [0.3, 0.4) is 0 Å². The van der Waals surface area contributed by atoms with Crippen molar-refractivity contribution in [2.45, 2.75) is 20.3 Å². The van der Waals surface area contributed by atoms with E-state index in [1.807, 2.05) is 0 Å². The summed E-state index contributed by atoms with van der Waals surface area (Å²) in [5, 5.41) is 16.3. The number of carboxylic acid groups (broad SMARTS) is 2. The highest BCUT2D eigenvalue weighted by Gasteiger charge is 2.09. The van der Waals surface area contributed by atoms with Gasteiger partial charge in [0.05, 0.1) is 12.2 Å². The summed E-state index contributed by atoms with van der Waals surface area (Å²) in [4.78, 5) is 30.9. The number of rotatable bonds is 6. The van der Waals surface area contributed by atoms with Crippen LogP contribution in [0.4, 0.5) is 0 Å². The fraction of sp³-hybridized carbons (Fsp3) is 0.308. The molecular formula is C13H18O6. The van der Waals surface area contributed by atoms with Crippen LogP contribution in [0.25, 0.3) is 0 Å². The lowest BCUT2D eigenvalue weighted by atomic mass is 10.1. The number of carbonyl (C=O) groups excluding carboxylic acids is 1. The number of hydrogen-bond acceptors (Lipinski definition) is 4. The van der Waals surface area contributed by atoms with E-state index in [0.29, 0.717) is 6.42 Å². The molecule has 106 valence electrons. The third-order valence-electron chi connectivity index (χ3n) is 1.72. The number of hydrogen-bond donors (Lipinski definition) is 2. The van der Waals surface area contributed by atoms with Gasteiger partial charge in [0.25, 0.3) is 0 Å². The lowest BCUT2D eigenvalue weighted by Gasteiger charge is -2.02. The monoisotopic (exact) mass is 270 g/mol. The summed E-state index contributed by atoms with van der Waals surface area (Å²) in [5.74, 6) is -2.61. The van der Waals surface area contributed by atoms with Gasteiger partial charge in [0, 0.05) is 11.6 Å².